The van der Waals surface area contributed by atoms with Crippen LogP contribution in [0, 0.1) is 15.9 Å². The van der Waals surface area contributed by atoms with Crippen molar-refractivity contribution in [2.75, 3.05) is 6.79 Å². The molecular weight excluding hydrogens is 447 g/mol. The van der Waals surface area contributed by atoms with Crippen molar-refractivity contribution in [2.45, 2.75) is 55.7 Å². The number of nitro groups is 1. The summed E-state index contributed by atoms with van der Waals surface area (Å²) in [4.78, 5) is 11.0. The van der Waals surface area contributed by atoms with Crippen LogP contribution in [0.25, 0.3) is 11.4 Å². The Bertz CT molecular complexity index is 1180. The minimum absolute atomic E-state index is 0.000701. The van der Waals surface area contributed by atoms with Crippen LogP contribution in [0.1, 0.15) is 49.3 Å². The largest absolute Gasteiger partial charge is 0.467 e. The monoisotopic (exact) mass is 470 g/mol. The van der Waals surface area contributed by atoms with Gasteiger partial charge in [-0.2, -0.15) is 0 Å². The highest BCUT2D eigenvalue weighted by Crippen LogP contribution is 2.39. The van der Waals surface area contributed by atoms with Crippen molar-refractivity contribution in [3.63, 3.8) is 0 Å². The molecule has 0 atom stereocenters. The Balaban J connectivity index is 1.50. The fourth-order valence-electron chi connectivity index (χ4n) is 4.51. The molecule has 0 unspecified atom stereocenters. The molecule has 0 bridgehead atoms. The Labute approximate surface area is 194 Å². The first-order valence-electron chi connectivity index (χ1n) is 10.9. The third-order valence-corrected chi connectivity index (χ3v) is 7.05. The lowest BCUT2D eigenvalue weighted by Crippen LogP contribution is -2.16. The number of rotatable bonds is 6. The molecule has 1 saturated carbocycles. The van der Waals surface area contributed by atoms with E-state index in [-0.39, 0.29) is 30.9 Å². The second kappa shape index (κ2) is 9.48. The van der Waals surface area contributed by atoms with Gasteiger partial charge in [0.2, 0.25) is 0 Å². The zero-order valence-electron chi connectivity index (χ0n) is 17.9. The smallest absolute Gasteiger partial charge is 0.270 e. The highest BCUT2D eigenvalue weighted by Gasteiger charge is 2.26. The van der Waals surface area contributed by atoms with Crippen LogP contribution in [-0.4, -0.2) is 26.5 Å². The number of aromatic nitrogens is 3. The quantitative estimate of drug-likeness (QED) is 0.261. The van der Waals surface area contributed by atoms with Gasteiger partial charge in [0.15, 0.2) is 17.8 Å². The highest BCUT2D eigenvalue weighted by molar-refractivity contribution is 7.98. The number of non-ortho nitro benzene ring substituents is 1. The SMILES string of the molecule is O=[N+]([O-])c1cc2c(c(CSc3nnc(-c4ccccc4F)n3C3CCCCC3)c1)OCOC2. The first kappa shape index (κ1) is 21.8. The van der Waals surface area contributed by atoms with Crippen LogP contribution in [0.15, 0.2) is 41.6 Å². The van der Waals surface area contributed by atoms with Gasteiger partial charge in [0.05, 0.1) is 17.1 Å². The Hall–Kier alpha value is -2.98. The molecule has 2 aromatic carbocycles. The van der Waals surface area contributed by atoms with E-state index in [4.69, 9.17) is 9.47 Å². The van der Waals surface area contributed by atoms with E-state index in [1.807, 2.05) is 0 Å². The van der Waals surface area contributed by atoms with Crippen molar-refractivity contribution in [1.82, 2.24) is 14.8 Å². The molecule has 5 rings (SSSR count). The summed E-state index contributed by atoms with van der Waals surface area (Å²) in [6.07, 6.45) is 5.38. The number of ether oxygens (including phenoxy) is 2. The van der Waals surface area contributed by atoms with Crippen molar-refractivity contribution in [3.05, 3.63) is 63.5 Å². The molecule has 1 aliphatic carbocycles. The van der Waals surface area contributed by atoms with E-state index in [0.29, 0.717) is 39.2 Å². The second-order valence-corrected chi connectivity index (χ2v) is 9.14. The van der Waals surface area contributed by atoms with Crippen molar-refractivity contribution in [2.24, 2.45) is 0 Å². The van der Waals surface area contributed by atoms with Gasteiger partial charge in [0.25, 0.3) is 5.69 Å². The molecule has 2 heterocycles. The van der Waals surface area contributed by atoms with Crippen LogP contribution in [-0.2, 0) is 17.1 Å². The standard InChI is InChI=1S/C23H23FN4O4S/c24-20-9-5-4-8-19(20)22-25-26-23(27(22)17-6-2-1-3-7-17)33-13-16-11-18(28(29)30)10-15-12-31-14-32-21(15)16/h4-5,8-11,17H,1-3,6-7,12-14H2. The zero-order valence-corrected chi connectivity index (χ0v) is 18.7. The van der Waals surface area contributed by atoms with E-state index in [0.717, 1.165) is 25.7 Å². The topological polar surface area (TPSA) is 92.3 Å². The minimum atomic E-state index is -0.413. The van der Waals surface area contributed by atoms with Gasteiger partial charge in [-0.25, -0.2) is 4.39 Å². The lowest BCUT2D eigenvalue weighted by molar-refractivity contribution is -0.385. The molecule has 0 radical (unpaired) electrons. The number of nitro benzene ring substituents is 1. The molecule has 3 aromatic rings. The summed E-state index contributed by atoms with van der Waals surface area (Å²) in [6, 6.07) is 9.81. The van der Waals surface area contributed by atoms with Gasteiger partial charge >= 0.3 is 0 Å². The summed E-state index contributed by atoms with van der Waals surface area (Å²) in [7, 11) is 0. The van der Waals surface area contributed by atoms with Gasteiger partial charge in [-0.3, -0.25) is 14.7 Å². The number of benzene rings is 2. The van der Waals surface area contributed by atoms with Crippen LogP contribution in [0.2, 0.25) is 0 Å². The van der Waals surface area contributed by atoms with Gasteiger partial charge in [-0.1, -0.05) is 43.2 Å². The van der Waals surface area contributed by atoms with Crippen molar-refractivity contribution in [1.29, 1.82) is 0 Å². The summed E-state index contributed by atoms with van der Waals surface area (Å²) >= 11 is 1.43. The lowest BCUT2D eigenvalue weighted by atomic mass is 9.95. The third kappa shape index (κ3) is 4.45. The maximum Gasteiger partial charge on any atom is 0.270 e. The average molecular weight is 471 g/mol. The summed E-state index contributed by atoms with van der Waals surface area (Å²) < 4.78 is 27.6. The molecule has 10 heteroatoms. The van der Waals surface area contributed by atoms with Crippen molar-refractivity contribution >= 4 is 17.4 Å². The molecule has 0 N–H and O–H groups in total. The minimum Gasteiger partial charge on any atom is -0.467 e. The predicted octanol–water partition coefficient (Wildman–Crippen LogP) is 5.66. The number of fused-ring (bicyclic) bond motifs is 1. The normalized spacial score (nSPS) is 16.3. The van der Waals surface area contributed by atoms with Crippen molar-refractivity contribution < 1.29 is 18.8 Å². The molecule has 1 fully saturated rings. The number of nitrogens with zero attached hydrogens (tertiary/aromatic N) is 4. The number of thioether (sulfide) groups is 1. The average Bonchev–Trinajstić information content (AvgIpc) is 3.26. The van der Waals surface area contributed by atoms with Gasteiger partial charge in [0.1, 0.15) is 11.6 Å². The Morgan fingerprint density at radius 2 is 2.00 bits per heavy atom. The van der Waals surface area contributed by atoms with Gasteiger partial charge in [-0.15, -0.1) is 10.2 Å². The Morgan fingerprint density at radius 1 is 1.18 bits per heavy atom. The highest BCUT2D eigenvalue weighted by atomic mass is 32.2. The second-order valence-electron chi connectivity index (χ2n) is 8.20. The summed E-state index contributed by atoms with van der Waals surface area (Å²) in [6.45, 7) is 0.378. The predicted molar refractivity (Wildman–Crippen MR) is 120 cm³/mol. The molecule has 0 spiro atoms. The van der Waals surface area contributed by atoms with Gasteiger partial charge in [-0.05, 0) is 25.0 Å². The molecule has 0 saturated heterocycles. The molecule has 1 aromatic heterocycles. The first-order chi connectivity index (χ1) is 16.1. The molecule has 8 nitrogen and oxygen atoms in total. The van der Waals surface area contributed by atoms with Crippen LogP contribution >= 0.6 is 11.8 Å². The number of hydrogen-bond donors (Lipinski definition) is 0. The fraction of sp³-hybridized carbons (Fsp3) is 0.391. The fourth-order valence-corrected chi connectivity index (χ4v) is 5.48. The van der Waals surface area contributed by atoms with Crippen LogP contribution in [0.3, 0.4) is 0 Å². The van der Waals surface area contributed by atoms with E-state index in [2.05, 4.69) is 14.8 Å². The maximum absolute atomic E-state index is 14.6. The number of hydrogen-bond acceptors (Lipinski definition) is 7. The third-order valence-electron chi connectivity index (χ3n) is 6.06. The maximum atomic E-state index is 14.6. The molecule has 172 valence electrons. The Kier molecular flexibility index (Phi) is 6.28. The van der Waals surface area contributed by atoms with Gasteiger partial charge in [0, 0.05) is 35.1 Å². The van der Waals surface area contributed by atoms with E-state index in [1.165, 1.54) is 36.4 Å². The van der Waals surface area contributed by atoms with Crippen molar-refractivity contribution in [3.8, 4) is 17.1 Å². The van der Waals surface area contributed by atoms with Gasteiger partial charge < -0.3 is 9.47 Å². The van der Waals surface area contributed by atoms with Crippen LogP contribution < -0.4 is 4.74 Å². The molecular formula is C23H23FN4O4S. The molecule has 1 aliphatic heterocycles. The van der Waals surface area contributed by atoms with Crippen LogP contribution in [0.5, 0.6) is 5.75 Å². The molecule has 2 aliphatic rings. The lowest BCUT2D eigenvalue weighted by Gasteiger charge is -2.26. The Morgan fingerprint density at radius 3 is 2.79 bits per heavy atom. The van der Waals surface area contributed by atoms with E-state index >= 15 is 0 Å². The van der Waals surface area contributed by atoms with E-state index < -0.39 is 4.92 Å². The summed E-state index contributed by atoms with van der Waals surface area (Å²) in [5, 5.41) is 20.9. The molecule has 33 heavy (non-hydrogen) atoms. The van der Waals surface area contributed by atoms with E-state index in [9.17, 15) is 14.5 Å². The summed E-state index contributed by atoms with van der Waals surface area (Å²) in [5.74, 6) is 1.22. The molecule has 0 amide bonds. The zero-order chi connectivity index (χ0) is 22.8. The summed E-state index contributed by atoms with van der Waals surface area (Å²) in [5.41, 5.74) is 1.79. The van der Waals surface area contributed by atoms with E-state index in [1.54, 1.807) is 18.2 Å². The number of halogens is 1. The first-order valence-corrected chi connectivity index (χ1v) is 11.9. The van der Waals surface area contributed by atoms with Crippen LogP contribution in [0.4, 0.5) is 10.1 Å².